The van der Waals surface area contributed by atoms with Crippen LogP contribution in [0, 0.1) is 0 Å². The van der Waals surface area contributed by atoms with Crippen LogP contribution in [0.3, 0.4) is 0 Å². The van der Waals surface area contributed by atoms with E-state index in [0.717, 1.165) is 12.1 Å². The Labute approximate surface area is 123 Å². The Morgan fingerprint density at radius 2 is 2.00 bits per heavy atom. The van der Waals surface area contributed by atoms with Crippen molar-refractivity contribution in [3.63, 3.8) is 0 Å². The van der Waals surface area contributed by atoms with Crippen molar-refractivity contribution in [1.29, 1.82) is 0 Å². The number of alkyl halides is 3. The molecule has 1 aromatic carbocycles. The van der Waals surface area contributed by atoms with Crippen molar-refractivity contribution in [2.75, 3.05) is 19.6 Å². The summed E-state index contributed by atoms with van der Waals surface area (Å²) in [6.45, 7) is 0.320. The molecule has 6 nitrogen and oxygen atoms in total. The lowest BCUT2D eigenvalue weighted by molar-refractivity contribution is -0.274. The molecule has 0 aromatic heterocycles. The zero-order chi connectivity index (χ0) is 16.3. The number of amides is 1. The van der Waals surface area contributed by atoms with E-state index in [0.29, 0.717) is 18.7 Å². The molecule has 9 heteroatoms. The minimum Gasteiger partial charge on any atom is -0.480 e. The summed E-state index contributed by atoms with van der Waals surface area (Å²) < 4.78 is 40.1. The lowest BCUT2D eigenvalue weighted by Crippen LogP contribution is -2.51. The summed E-state index contributed by atoms with van der Waals surface area (Å²) in [4.78, 5) is 24.2. The van der Waals surface area contributed by atoms with Crippen LogP contribution in [0.1, 0.15) is 11.6 Å². The van der Waals surface area contributed by atoms with Crippen molar-refractivity contribution >= 4 is 11.9 Å². The average Bonchev–Trinajstić information content (AvgIpc) is 2.38. The van der Waals surface area contributed by atoms with Crippen LogP contribution in [0.5, 0.6) is 5.75 Å². The van der Waals surface area contributed by atoms with Gasteiger partial charge < -0.3 is 15.2 Å². The highest BCUT2D eigenvalue weighted by Gasteiger charge is 2.33. The molecule has 1 heterocycles. The van der Waals surface area contributed by atoms with E-state index in [1.54, 1.807) is 0 Å². The van der Waals surface area contributed by atoms with E-state index in [4.69, 9.17) is 5.11 Å². The number of rotatable bonds is 4. The molecule has 1 aliphatic rings. The molecule has 22 heavy (non-hydrogen) atoms. The molecular weight excluding hydrogens is 305 g/mol. The van der Waals surface area contributed by atoms with Crippen LogP contribution < -0.4 is 10.1 Å². The molecular formula is C13H13F3N2O4. The first kappa shape index (κ1) is 16.1. The zero-order valence-corrected chi connectivity index (χ0v) is 11.3. The number of hydrogen-bond acceptors (Lipinski definition) is 4. The first-order valence-corrected chi connectivity index (χ1v) is 6.35. The van der Waals surface area contributed by atoms with Gasteiger partial charge in [0, 0.05) is 13.1 Å². The summed E-state index contributed by atoms with van der Waals surface area (Å²) in [7, 11) is 0. The molecule has 2 rings (SSSR count). The molecule has 1 unspecified atom stereocenters. The van der Waals surface area contributed by atoms with Crippen molar-refractivity contribution < 1.29 is 32.6 Å². The summed E-state index contributed by atoms with van der Waals surface area (Å²) in [6, 6.07) is 3.94. The van der Waals surface area contributed by atoms with Crippen LogP contribution in [-0.4, -0.2) is 47.9 Å². The SMILES string of the molecule is O=C(O)CN1CCNC(=O)C1c1ccc(OC(F)(F)F)cc1. The Hall–Kier alpha value is -2.29. The molecule has 1 saturated heterocycles. The number of nitrogens with one attached hydrogen (secondary N) is 1. The lowest BCUT2D eigenvalue weighted by Gasteiger charge is -2.34. The third-order valence-electron chi connectivity index (χ3n) is 3.08. The van der Waals surface area contributed by atoms with Crippen molar-refractivity contribution in [2.24, 2.45) is 0 Å². The van der Waals surface area contributed by atoms with Gasteiger partial charge in [-0.2, -0.15) is 0 Å². The number of aliphatic carboxylic acids is 1. The van der Waals surface area contributed by atoms with E-state index in [-0.39, 0.29) is 6.54 Å². The highest BCUT2D eigenvalue weighted by atomic mass is 19.4. The maximum atomic E-state index is 12.1. The summed E-state index contributed by atoms with van der Waals surface area (Å²) in [5.41, 5.74) is 0.396. The number of carbonyl (C=O) groups excluding carboxylic acids is 1. The Morgan fingerprint density at radius 1 is 1.36 bits per heavy atom. The number of carbonyl (C=O) groups is 2. The molecule has 0 saturated carbocycles. The number of benzene rings is 1. The number of carboxylic acids is 1. The third kappa shape index (κ3) is 4.10. The number of halogens is 3. The minimum atomic E-state index is -4.79. The van der Waals surface area contributed by atoms with Crippen molar-refractivity contribution in [3.8, 4) is 5.75 Å². The number of nitrogens with zero attached hydrogens (tertiary/aromatic N) is 1. The van der Waals surface area contributed by atoms with E-state index in [1.165, 1.54) is 17.0 Å². The van der Waals surface area contributed by atoms with Gasteiger partial charge in [-0.15, -0.1) is 13.2 Å². The second-order valence-electron chi connectivity index (χ2n) is 4.67. The summed E-state index contributed by atoms with van der Waals surface area (Å²) in [5.74, 6) is -1.88. The van der Waals surface area contributed by atoms with Gasteiger partial charge in [0.05, 0.1) is 6.54 Å². The second-order valence-corrected chi connectivity index (χ2v) is 4.67. The van der Waals surface area contributed by atoms with E-state index < -0.39 is 30.0 Å². The van der Waals surface area contributed by atoms with Gasteiger partial charge in [0.25, 0.3) is 0 Å². The van der Waals surface area contributed by atoms with Gasteiger partial charge in [0.15, 0.2) is 0 Å². The monoisotopic (exact) mass is 318 g/mol. The molecule has 0 spiro atoms. The van der Waals surface area contributed by atoms with Crippen LogP contribution in [0.2, 0.25) is 0 Å². The minimum absolute atomic E-state index is 0.317. The topological polar surface area (TPSA) is 78.9 Å². The summed E-state index contributed by atoms with van der Waals surface area (Å²) >= 11 is 0. The van der Waals surface area contributed by atoms with Crippen molar-refractivity contribution in [1.82, 2.24) is 10.2 Å². The predicted molar refractivity (Wildman–Crippen MR) is 68.1 cm³/mol. The molecule has 1 fully saturated rings. The van der Waals surface area contributed by atoms with Crippen molar-refractivity contribution in [2.45, 2.75) is 12.4 Å². The van der Waals surface area contributed by atoms with Gasteiger partial charge in [-0.3, -0.25) is 14.5 Å². The molecule has 1 amide bonds. The molecule has 2 N–H and O–H groups in total. The fourth-order valence-corrected chi connectivity index (χ4v) is 2.27. The van der Waals surface area contributed by atoms with E-state index in [1.807, 2.05) is 0 Å². The first-order valence-electron chi connectivity index (χ1n) is 6.35. The molecule has 1 aliphatic heterocycles. The third-order valence-corrected chi connectivity index (χ3v) is 3.08. The smallest absolute Gasteiger partial charge is 0.480 e. The Balaban J connectivity index is 2.19. The lowest BCUT2D eigenvalue weighted by atomic mass is 10.0. The summed E-state index contributed by atoms with van der Waals surface area (Å²) in [5, 5.41) is 11.5. The van der Waals surface area contributed by atoms with Gasteiger partial charge in [0.1, 0.15) is 11.8 Å². The molecule has 120 valence electrons. The molecule has 0 aliphatic carbocycles. The molecule has 1 atom stereocenters. The van der Waals surface area contributed by atoms with Crippen LogP contribution in [-0.2, 0) is 9.59 Å². The largest absolute Gasteiger partial charge is 0.573 e. The molecule has 0 bridgehead atoms. The van der Waals surface area contributed by atoms with Gasteiger partial charge in [0.2, 0.25) is 5.91 Å². The van der Waals surface area contributed by atoms with Gasteiger partial charge >= 0.3 is 12.3 Å². The molecule has 1 aromatic rings. The van der Waals surface area contributed by atoms with E-state index in [2.05, 4.69) is 10.1 Å². The quantitative estimate of drug-likeness (QED) is 0.870. The van der Waals surface area contributed by atoms with Gasteiger partial charge in [-0.25, -0.2) is 0 Å². The molecule has 0 radical (unpaired) electrons. The van der Waals surface area contributed by atoms with Gasteiger partial charge in [-0.05, 0) is 17.7 Å². The number of piperazine rings is 1. The van der Waals surface area contributed by atoms with E-state index >= 15 is 0 Å². The van der Waals surface area contributed by atoms with E-state index in [9.17, 15) is 22.8 Å². The van der Waals surface area contributed by atoms with Crippen LogP contribution in [0.15, 0.2) is 24.3 Å². The van der Waals surface area contributed by atoms with Gasteiger partial charge in [-0.1, -0.05) is 12.1 Å². The first-order chi connectivity index (χ1) is 10.3. The highest BCUT2D eigenvalue weighted by Crippen LogP contribution is 2.27. The average molecular weight is 318 g/mol. The standard InChI is InChI=1S/C13H13F3N2O4/c14-13(15,16)22-9-3-1-8(2-4-9)11-12(21)17-5-6-18(11)7-10(19)20/h1-4,11H,5-7H2,(H,17,21)(H,19,20). The fraction of sp³-hybridized carbons (Fsp3) is 0.385. The predicted octanol–water partition coefficient (Wildman–Crippen LogP) is 1.14. The number of ether oxygens (including phenoxy) is 1. The zero-order valence-electron chi connectivity index (χ0n) is 11.3. The Kier molecular flexibility index (Phi) is 4.55. The van der Waals surface area contributed by atoms with Crippen LogP contribution in [0.25, 0.3) is 0 Å². The number of carboxylic acid groups (broad SMARTS) is 1. The highest BCUT2D eigenvalue weighted by molar-refractivity contribution is 5.84. The fourth-order valence-electron chi connectivity index (χ4n) is 2.27. The maximum Gasteiger partial charge on any atom is 0.573 e. The Bertz CT molecular complexity index is 559. The number of hydrogen-bond donors (Lipinski definition) is 2. The van der Waals surface area contributed by atoms with Crippen LogP contribution in [0.4, 0.5) is 13.2 Å². The van der Waals surface area contributed by atoms with Crippen molar-refractivity contribution in [3.05, 3.63) is 29.8 Å². The van der Waals surface area contributed by atoms with Crippen LogP contribution >= 0.6 is 0 Å². The maximum absolute atomic E-state index is 12.1. The second kappa shape index (κ2) is 6.22. The summed E-state index contributed by atoms with van der Waals surface area (Å²) in [6.07, 6.45) is -4.79. The Morgan fingerprint density at radius 3 is 2.55 bits per heavy atom. The normalized spacial score (nSPS) is 19.6.